The molecule has 7 heteroatoms. The van der Waals surface area contributed by atoms with E-state index in [0.29, 0.717) is 19.6 Å². The quantitative estimate of drug-likeness (QED) is 0.620. The highest BCUT2D eigenvalue weighted by atomic mass is 35.5. The fourth-order valence-electron chi connectivity index (χ4n) is 4.61. The number of halogens is 1. The summed E-state index contributed by atoms with van der Waals surface area (Å²) < 4.78 is 5.66. The first kappa shape index (κ1) is 23.6. The van der Waals surface area contributed by atoms with Crippen molar-refractivity contribution in [3.8, 4) is 5.75 Å². The Bertz CT molecular complexity index is 931. The minimum Gasteiger partial charge on any atom is -0.493 e. The van der Waals surface area contributed by atoms with Gasteiger partial charge in [-0.05, 0) is 42.7 Å². The lowest BCUT2D eigenvalue weighted by atomic mass is 9.96. The number of hydrogen-bond acceptors (Lipinski definition) is 4. The van der Waals surface area contributed by atoms with Crippen molar-refractivity contribution in [2.75, 3.05) is 45.9 Å². The molecule has 0 aromatic heterocycles. The number of rotatable bonds is 7. The maximum Gasteiger partial charge on any atom is 0.227 e. The Morgan fingerprint density at radius 1 is 0.939 bits per heavy atom. The molecule has 0 saturated carbocycles. The molecular formula is C26H32ClN3O3. The van der Waals surface area contributed by atoms with E-state index >= 15 is 0 Å². The van der Waals surface area contributed by atoms with Crippen molar-refractivity contribution < 1.29 is 14.3 Å². The second kappa shape index (κ2) is 11.5. The number of likely N-dealkylation sites (tertiary alicyclic amines) is 1. The molecule has 1 unspecified atom stereocenters. The summed E-state index contributed by atoms with van der Waals surface area (Å²) in [5.41, 5.74) is 1.19. The molecule has 0 N–H and O–H groups in total. The molecule has 4 rings (SSSR count). The zero-order chi connectivity index (χ0) is 23.0. The third kappa shape index (κ3) is 6.71. The van der Waals surface area contributed by atoms with Crippen LogP contribution in [0.15, 0.2) is 54.6 Å². The number of benzene rings is 2. The largest absolute Gasteiger partial charge is 0.493 e. The van der Waals surface area contributed by atoms with Crippen molar-refractivity contribution in [1.29, 1.82) is 0 Å². The molecule has 1 atom stereocenters. The molecule has 2 aliphatic heterocycles. The molecule has 2 aromatic rings. The lowest BCUT2D eigenvalue weighted by Gasteiger charge is -2.39. The third-order valence-corrected chi connectivity index (χ3v) is 6.67. The van der Waals surface area contributed by atoms with Crippen LogP contribution in [0.5, 0.6) is 5.75 Å². The fourth-order valence-corrected chi connectivity index (χ4v) is 4.83. The fraction of sp³-hybridized carbons (Fsp3) is 0.462. The molecule has 2 aromatic carbocycles. The maximum atomic E-state index is 13.2. The highest BCUT2D eigenvalue weighted by molar-refractivity contribution is 6.30. The minimum absolute atomic E-state index is 0.0646. The number of para-hydroxylation sites is 1. The first-order valence-electron chi connectivity index (χ1n) is 11.8. The van der Waals surface area contributed by atoms with Crippen molar-refractivity contribution in [3.05, 3.63) is 65.2 Å². The topological polar surface area (TPSA) is 53.1 Å². The van der Waals surface area contributed by atoms with Gasteiger partial charge >= 0.3 is 0 Å². The smallest absolute Gasteiger partial charge is 0.227 e. The van der Waals surface area contributed by atoms with Gasteiger partial charge in [0.1, 0.15) is 5.75 Å². The molecule has 0 aliphatic carbocycles. The lowest BCUT2D eigenvalue weighted by Crippen LogP contribution is -2.52. The van der Waals surface area contributed by atoms with E-state index in [1.54, 1.807) is 0 Å². The number of hydrogen-bond donors (Lipinski definition) is 0. The number of piperidine rings is 1. The van der Waals surface area contributed by atoms with Crippen LogP contribution in [0.2, 0.25) is 5.02 Å². The summed E-state index contributed by atoms with van der Waals surface area (Å²) in [7, 11) is 0. The average molecular weight is 470 g/mol. The van der Waals surface area contributed by atoms with Gasteiger partial charge in [0.15, 0.2) is 0 Å². The van der Waals surface area contributed by atoms with Crippen molar-refractivity contribution in [1.82, 2.24) is 14.7 Å². The molecule has 2 saturated heterocycles. The molecule has 2 fully saturated rings. The van der Waals surface area contributed by atoms with E-state index in [0.717, 1.165) is 62.9 Å². The zero-order valence-corrected chi connectivity index (χ0v) is 19.8. The molecule has 33 heavy (non-hydrogen) atoms. The van der Waals surface area contributed by atoms with Crippen molar-refractivity contribution in [3.63, 3.8) is 0 Å². The van der Waals surface area contributed by atoms with Crippen LogP contribution in [0.4, 0.5) is 0 Å². The molecule has 6 nitrogen and oxygen atoms in total. The molecule has 2 amide bonds. The molecule has 2 heterocycles. The van der Waals surface area contributed by atoms with Gasteiger partial charge in [-0.3, -0.25) is 14.5 Å². The summed E-state index contributed by atoms with van der Waals surface area (Å²) in [4.78, 5) is 32.0. The van der Waals surface area contributed by atoms with E-state index in [-0.39, 0.29) is 17.7 Å². The van der Waals surface area contributed by atoms with Crippen molar-refractivity contribution in [2.45, 2.75) is 25.8 Å². The molecule has 0 spiro atoms. The van der Waals surface area contributed by atoms with Crippen LogP contribution < -0.4 is 4.74 Å². The standard InChI is InChI=1S/C26H32ClN3O3/c27-23-8-4-6-21(18-23)19-28-13-15-29(16-14-28)26(32)22-7-5-12-30(20-22)25(31)11-17-33-24-9-2-1-3-10-24/h1-4,6,8-10,18,22H,5,7,11-17,19-20H2. The Morgan fingerprint density at radius 2 is 1.73 bits per heavy atom. The first-order chi connectivity index (χ1) is 16.1. The molecular weight excluding hydrogens is 438 g/mol. The Hall–Kier alpha value is -2.57. The van der Waals surface area contributed by atoms with Gasteiger partial charge in [-0.15, -0.1) is 0 Å². The lowest BCUT2D eigenvalue weighted by molar-refractivity contribution is -0.142. The molecule has 176 valence electrons. The molecule has 2 aliphatic rings. The van der Waals surface area contributed by atoms with Gasteiger partial charge in [0.2, 0.25) is 11.8 Å². The van der Waals surface area contributed by atoms with E-state index in [2.05, 4.69) is 11.0 Å². The van der Waals surface area contributed by atoms with Gasteiger partial charge in [-0.2, -0.15) is 0 Å². The predicted molar refractivity (Wildman–Crippen MR) is 129 cm³/mol. The van der Waals surface area contributed by atoms with Crippen LogP contribution in [0.25, 0.3) is 0 Å². The zero-order valence-electron chi connectivity index (χ0n) is 19.0. The van der Waals surface area contributed by atoms with Crippen LogP contribution in [-0.4, -0.2) is 72.4 Å². The summed E-state index contributed by atoms with van der Waals surface area (Å²) in [6.07, 6.45) is 2.06. The number of carbonyl (C=O) groups is 2. The Morgan fingerprint density at radius 3 is 2.48 bits per heavy atom. The van der Waals surface area contributed by atoms with E-state index in [1.165, 1.54) is 5.56 Å². The van der Waals surface area contributed by atoms with E-state index in [4.69, 9.17) is 16.3 Å². The summed E-state index contributed by atoms with van der Waals surface area (Å²) in [5.74, 6) is 0.925. The van der Waals surface area contributed by atoms with Crippen LogP contribution in [0.3, 0.4) is 0 Å². The monoisotopic (exact) mass is 469 g/mol. The highest BCUT2D eigenvalue weighted by Crippen LogP contribution is 2.21. The first-order valence-corrected chi connectivity index (χ1v) is 12.2. The number of piperazine rings is 1. The van der Waals surface area contributed by atoms with Crippen LogP contribution in [0, 0.1) is 5.92 Å². The predicted octanol–water partition coefficient (Wildman–Crippen LogP) is 3.69. The van der Waals surface area contributed by atoms with Crippen molar-refractivity contribution >= 4 is 23.4 Å². The summed E-state index contributed by atoms with van der Waals surface area (Å²) in [6, 6.07) is 17.5. The van der Waals surface area contributed by atoms with Gasteiger partial charge < -0.3 is 14.5 Å². The van der Waals surface area contributed by atoms with Crippen molar-refractivity contribution in [2.24, 2.45) is 5.92 Å². The van der Waals surface area contributed by atoms with Gasteiger partial charge in [-0.25, -0.2) is 0 Å². The second-order valence-electron chi connectivity index (χ2n) is 8.82. The number of nitrogens with zero attached hydrogens (tertiary/aromatic N) is 3. The van der Waals surface area contributed by atoms with Crippen LogP contribution >= 0.6 is 11.6 Å². The highest BCUT2D eigenvalue weighted by Gasteiger charge is 2.32. The minimum atomic E-state index is -0.0998. The normalized spacial score (nSPS) is 19.4. The molecule has 0 bridgehead atoms. The Balaban J connectivity index is 1.21. The Kier molecular flexibility index (Phi) is 8.24. The van der Waals surface area contributed by atoms with Crippen LogP contribution in [-0.2, 0) is 16.1 Å². The summed E-state index contributed by atoms with van der Waals surface area (Å²) in [5, 5.41) is 0.754. The number of amides is 2. The third-order valence-electron chi connectivity index (χ3n) is 6.43. The van der Waals surface area contributed by atoms with Gasteiger partial charge in [0, 0.05) is 50.8 Å². The molecule has 0 radical (unpaired) electrons. The van der Waals surface area contributed by atoms with Gasteiger partial charge in [0.25, 0.3) is 0 Å². The van der Waals surface area contributed by atoms with E-state index in [1.807, 2.05) is 58.3 Å². The van der Waals surface area contributed by atoms with Gasteiger partial charge in [0.05, 0.1) is 18.9 Å². The number of ether oxygens (including phenoxy) is 1. The summed E-state index contributed by atoms with van der Waals surface area (Å²) >= 11 is 6.10. The van der Waals surface area contributed by atoms with E-state index in [9.17, 15) is 9.59 Å². The Labute approximate surface area is 201 Å². The number of carbonyl (C=O) groups excluding carboxylic acids is 2. The van der Waals surface area contributed by atoms with Gasteiger partial charge in [-0.1, -0.05) is 41.9 Å². The summed E-state index contributed by atoms with van der Waals surface area (Å²) in [6.45, 7) is 5.61. The SMILES string of the molecule is O=C(CCOc1ccccc1)N1CCCC(C(=O)N2CCN(Cc3cccc(Cl)c3)CC2)C1. The average Bonchev–Trinajstić information content (AvgIpc) is 2.85. The van der Waals surface area contributed by atoms with E-state index < -0.39 is 0 Å². The van der Waals surface area contributed by atoms with Crippen LogP contribution in [0.1, 0.15) is 24.8 Å². The maximum absolute atomic E-state index is 13.2. The second-order valence-corrected chi connectivity index (χ2v) is 9.26.